The van der Waals surface area contributed by atoms with Crippen LogP contribution in [0.3, 0.4) is 0 Å². The van der Waals surface area contributed by atoms with Crippen LogP contribution in [0.15, 0.2) is 78.9 Å². The molecule has 4 rings (SSSR count). The molecule has 0 amide bonds. The Morgan fingerprint density at radius 1 is 0.968 bits per heavy atom. The SMILES string of the molecule is CC1(CO)CCCc2ccc(O[SiH2]C(C)(C)C(c3ccccc3)c3ccccc3)cc21. The molecular weight excluding hydrogens is 396 g/mol. The second-order valence-corrected chi connectivity index (χ2v) is 12.3. The number of aliphatic hydroxyl groups is 1. The average molecular weight is 431 g/mol. The van der Waals surface area contributed by atoms with Crippen molar-refractivity contribution in [1.29, 1.82) is 0 Å². The van der Waals surface area contributed by atoms with Crippen LogP contribution in [0.25, 0.3) is 0 Å². The highest BCUT2D eigenvalue weighted by atomic mass is 28.2. The van der Waals surface area contributed by atoms with Crippen LogP contribution >= 0.6 is 0 Å². The summed E-state index contributed by atoms with van der Waals surface area (Å²) < 4.78 is 6.56. The minimum Gasteiger partial charge on any atom is -0.549 e. The third-order valence-corrected chi connectivity index (χ3v) is 8.54. The van der Waals surface area contributed by atoms with Crippen LogP contribution in [0.1, 0.15) is 61.8 Å². The highest BCUT2D eigenvalue weighted by Gasteiger charge is 2.35. The zero-order chi connectivity index (χ0) is 21.9. The Bertz CT molecular complexity index is 961. The number of hydrogen-bond donors (Lipinski definition) is 1. The molecule has 1 atom stereocenters. The van der Waals surface area contributed by atoms with Crippen LogP contribution in [-0.4, -0.2) is 21.5 Å². The lowest BCUT2D eigenvalue weighted by Crippen LogP contribution is -2.31. The van der Waals surface area contributed by atoms with Gasteiger partial charge in [-0.25, -0.2) is 0 Å². The third-order valence-electron chi connectivity index (χ3n) is 6.91. The lowest BCUT2D eigenvalue weighted by molar-refractivity contribution is 0.188. The highest BCUT2D eigenvalue weighted by molar-refractivity contribution is 6.33. The van der Waals surface area contributed by atoms with Crippen LogP contribution in [0.2, 0.25) is 5.04 Å². The fourth-order valence-corrected chi connectivity index (χ4v) is 6.49. The first kappa shape index (κ1) is 21.9. The summed E-state index contributed by atoms with van der Waals surface area (Å²) in [4.78, 5) is 0. The maximum absolute atomic E-state index is 10.0. The minimum atomic E-state index is -0.923. The van der Waals surface area contributed by atoms with Gasteiger partial charge in [-0.05, 0) is 58.7 Å². The molecule has 31 heavy (non-hydrogen) atoms. The number of rotatable bonds is 7. The van der Waals surface area contributed by atoms with E-state index in [1.54, 1.807) is 0 Å². The first-order valence-electron chi connectivity index (χ1n) is 11.4. The Morgan fingerprint density at radius 3 is 2.16 bits per heavy atom. The lowest BCUT2D eigenvalue weighted by atomic mass is 9.72. The van der Waals surface area contributed by atoms with Gasteiger partial charge in [0.25, 0.3) is 0 Å². The van der Waals surface area contributed by atoms with E-state index in [0.717, 1.165) is 25.0 Å². The average Bonchev–Trinajstić information content (AvgIpc) is 2.79. The molecule has 0 radical (unpaired) electrons. The Balaban J connectivity index is 1.60. The summed E-state index contributed by atoms with van der Waals surface area (Å²) in [6.07, 6.45) is 3.27. The van der Waals surface area contributed by atoms with Gasteiger partial charge in [0.05, 0.1) is 6.61 Å². The van der Waals surface area contributed by atoms with E-state index in [-0.39, 0.29) is 17.1 Å². The Hall–Kier alpha value is -2.36. The molecule has 2 nitrogen and oxygen atoms in total. The molecule has 0 heterocycles. The van der Waals surface area contributed by atoms with Gasteiger partial charge in [-0.3, -0.25) is 0 Å². The molecule has 0 aliphatic heterocycles. The van der Waals surface area contributed by atoms with Gasteiger partial charge in [0.15, 0.2) is 0 Å². The first-order valence-corrected chi connectivity index (χ1v) is 12.7. The summed E-state index contributed by atoms with van der Waals surface area (Å²) in [7, 11) is -0.923. The van der Waals surface area contributed by atoms with E-state index in [9.17, 15) is 5.11 Å². The highest BCUT2D eigenvalue weighted by Crippen LogP contribution is 2.46. The van der Waals surface area contributed by atoms with Gasteiger partial charge in [0.2, 0.25) is 9.76 Å². The summed E-state index contributed by atoms with van der Waals surface area (Å²) in [6.45, 7) is 7.06. The fraction of sp³-hybridized carbons (Fsp3) is 0.357. The van der Waals surface area contributed by atoms with Gasteiger partial charge < -0.3 is 9.53 Å². The minimum absolute atomic E-state index is 0.0267. The topological polar surface area (TPSA) is 29.5 Å². The molecule has 0 bridgehead atoms. The maximum Gasteiger partial charge on any atom is 0.226 e. The van der Waals surface area contributed by atoms with Gasteiger partial charge in [0, 0.05) is 11.3 Å². The number of fused-ring (bicyclic) bond motifs is 1. The molecule has 0 saturated carbocycles. The van der Waals surface area contributed by atoms with E-state index >= 15 is 0 Å². The maximum atomic E-state index is 10.0. The van der Waals surface area contributed by atoms with Gasteiger partial charge in [-0.15, -0.1) is 0 Å². The summed E-state index contributed by atoms with van der Waals surface area (Å²) >= 11 is 0. The zero-order valence-electron chi connectivity index (χ0n) is 19.0. The zero-order valence-corrected chi connectivity index (χ0v) is 20.4. The first-order chi connectivity index (χ1) is 14.9. The number of benzene rings is 3. The van der Waals surface area contributed by atoms with Gasteiger partial charge in [0.1, 0.15) is 5.75 Å². The summed E-state index contributed by atoms with van der Waals surface area (Å²) in [5.41, 5.74) is 5.16. The molecule has 0 aromatic heterocycles. The predicted molar refractivity (Wildman–Crippen MR) is 132 cm³/mol. The molecule has 162 valence electrons. The third kappa shape index (κ3) is 4.63. The van der Waals surface area contributed by atoms with Crippen molar-refractivity contribution < 1.29 is 9.53 Å². The van der Waals surface area contributed by atoms with Crippen molar-refractivity contribution in [2.75, 3.05) is 6.61 Å². The van der Waals surface area contributed by atoms with E-state index < -0.39 is 9.76 Å². The second kappa shape index (κ2) is 9.02. The van der Waals surface area contributed by atoms with Crippen LogP contribution in [-0.2, 0) is 11.8 Å². The Kier molecular flexibility index (Phi) is 6.36. The second-order valence-electron chi connectivity index (χ2n) is 9.92. The van der Waals surface area contributed by atoms with E-state index in [1.165, 1.54) is 22.3 Å². The normalized spacial score (nSPS) is 19.0. The molecule has 3 aromatic rings. The largest absolute Gasteiger partial charge is 0.549 e. The van der Waals surface area contributed by atoms with Crippen molar-refractivity contribution in [1.82, 2.24) is 0 Å². The number of aryl methyl sites for hydroxylation is 1. The van der Waals surface area contributed by atoms with Crippen molar-refractivity contribution in [2.24, 2.45) is 0 Å². The van der Waals surface area contributed by atoms with Crippen LogP contribution < -0.4 is 4.43 Å². The predicted octanol–water partition coefficient (Wildman–Crippen LogP) is 5.77. The fourth-order valence-electron chi connectivity index (χ4n) is 5.13. The van der Waals surface area contributed by atoms with Crippen molar-refractivity contribution in [3.8, 4) is 5.75 Å². The number of aliphatic hydroxyl groups excluding tert-OH is 1. The van der Waals surface area contributed by atoms with Crippen LogP contribution in [0, 0.1) is 0 Å². The van der Waals surface area contributed by atoms with Gasteiger partial charge in [-0.2, -0.15) is 0 Å². The molecule has 0 spiro atoms. The summed E-state index contributed by atoms with van der Waals surface area (Å²) in [5.74, 6) is 1.25. The van der Waals surface area contributed by atoms with Crippen LogP contribution in [0.4, 0.5) is 0 Å². The lowest BCUT2D eigenvalue weighted by Gasteiger charge is -2.36. The van der Waals surface area contributed by atoms with Crippen molar-refractivity contribution >= 4 is 9.76 Å². The molecule has 1 aliphatic rings. The van der Waals surface area contributed by atoms with E-state index in [0.29, 0.717) is 5.92 Å². The summed E-state index contributed by atoms with van der Waals surface area (Å²) in [5, 5.41) is 10.1. The molecule has 0 saturated heterocycles. The van der Waals surface area contributed by atoms with E-state index in [2.05, 4.69) is 99.6 Å². The van der Waals surface area contributed by atoms with E-state index in [1.807, 2.05) is 0 Å². The van der Waals surface area contributed by atoms with Gasteiger partial charge >= 0.3 is 0 Å². The monoisotopic (exact) mass is 430 g/mol. The van der Waals surface area contributed by atoms with Crippen LogP contribution in [0.5, 0.6) is 5.75 Å². The summed E-state index contributed by atoms with van der Waals surface area (Å²) in [6, 6.07) is 28.2. The smallest absolute Gasteiger partial charge is 0.226 e. The molecule has 1 unspecified atom stereocenters. The Morgan fingerprint density at radius 2 is 1.58 bits per heavy atom. The number of hydrogen-bond acceptors (Lipinski definition) is 2. The molecule has 1 N–H and O–H groups in total. The van der Waals surface area contributed by atoms with Gasteiger partial charge in [-0.1, -0.05) is 87.5 Å². The molecule has 1 aliphatic carbocycles. The van der Waals surface area contributed by atoms with Crippen molar-refractivity contribution in [2.45, 2.75) is 56.4 Å². The molecule has 3 aromatic carbocycles. The van der Waals surface area contributed by atoms with Crippen molar-refractivity contribution in [3.63, 3.8) is 0 Å². The van der Waals surface area contributed by atoms with Crippen molar-refractivity contribution in [3.05, 3.63) is 101 Å². The molecular formula is C28H34O2Si. The quantitative estimate of drug-likeness (QED) is 0.483. The standard InChI is InChI=1S/C28H34O2Si/c1-27(2,26(22-11-6-4-7-12-22)23-13-8-5-9-14-23)31-30-24-17-16-21-15-10-18-28(3,20-29)25(21)19-24/h4-9,11-14,16-17,19,26,29H,10,15,18,20,31H2,1-3H3. The molecule has 0 fully saturated rings. The van der Waals surface area contributed by atoms with E-state index in [4.69, 9.17) is 4.43 Å². The Labute approximate surface area is 189 Å². The molecule has 3 heteroatoms.